The molecule has 1 atom stereocenters. The first kappa shape index (κ1) is 16.7. The van der Waals surface area contributed by atoms with E-state index in [-0.39, 0.29) is 0 Å². The summed E-state index contributed by atoms with van der Waals surface area (Å²) >= 11 is 0. The van der Waals surface area contributed by atoms with Crippen LogP contribution in [0.5, 0.6) is 0 Å². The van der Waals surface area contributed by atoms with Gasteiger partial charge in [-0.3, -0.25) is 4.98 Å². The molecule has 0 radical (unpaired) electrons. The largest absolute Gasteiger partial charge is 0.389 e. The number of para-hydroxylation sites is 1. The lowest BCUT2D eigenvalue weighted by Gasteiger charge is -2.29. The summed E-state index contributed by atoms with van der Waals surface area (Å²) in [6, 6.07) is 20.5. The van der Waals surface area contributed by atoms with Crippen molar-refractivity contribution in [2.45, 2.75) is 44.6 Å². The molecule has 124 valence electrons. The summed E-state index contributed by atoms with van der Waals surface area (Å²) in [7, 11) is 0. The predicted molar refractivity (Wildman–Crippen MR) is 100 cm³/mol. The molecule has 0 amide bonds. The summed E-state index contributed by atoms with van der Waals surface area (Å²) in [6.07, 6.45) is 6.13. The summed E-state index contributed by atoms with van der Waals surface area (Å²) in [4.78, 5) is 4.44. The molecule has 1 aromatic heterocycles. The second kappa shape index (κ2) is 7.59. The van der Waals surface area contributed by atoms with Crippen LogP contribution in [-0.4, -0.2) is 15.7 Å². The number of fused-ring (bicyclic) bond motifs is 1. The normalized spacial score (nSPS) is 13.8. The number of aliphatic hydroxyl groups is 1. The fourth-order valence-corrected chi connectivity index (χ4v) is 3.38. The van der Waals surface area contributed by atoms with E-state index in [4.69, 9.17) is 0 Å². The molecule has 0 saturated heterocycles. The highest BCUT2D eigenvalue weighted by Gasteiger charge is 2.27. The van der Waals surface area contributed by atoms with Gasteiger partial charge in [0.2, 0.25) is 0 Å². The molecule has 1 N–H and O–H groups in total. The van der Waals surface area contributed by atoms with E-state index in [0.29, 0.717) is 12.8 Å². The topological polar surface area (TPSA) is 33.1 Å². The summed E-state index contributed by atoms with van der Waals surface area (Å²) < 4.78 is 0. The van der Waals surface area contributed by atoms with Gasteiger partial charge in [-0.15, -0.1) is 0 Å². The molecule has 0 fully saturated rings. The van der Waals surface area contributed by atoms with Crippen LogP contribution in [0.25, 0.3) is 10.9 Å². The second-order valence-corrected chi connectivity index (χ2v) is 6.65. The maximum absolute atomic E-state index is 11.4. The smallest absolute Gasteiger partial charge is 0.0728 e. The van der Waals surface area contributed by atoms with Crippen LogP contribution in [0.1, 0.15) is 37.3 Å². The van der Waals surface area contributed by atoms with Crippen molar-refractivity contribution >= 4 is 10.9 Å². The van der Waals surface area contributed by atoms with Gasteiger partial charge in [0.05, 0.1) is 11.1 Å². The SMILES string of the molecule is CCCCC(O)(Cc1ccccc1)Cc1ccnc2ccccc12. The van der Waals surface area contributed by atoms with Crippen molar-refractivity contribution in [3.63, 3.8) is 0 Å². The van der Waals surface area contributed by atoms with Crippen LogP contribution in [0.4, 0.5) is 0 Å². The Bertz CT molecular complexity index is 779. The third-order valence-corrected chi connectivity index (χ3v) is 4.63. The number of aromatic nitrogens is 1. The lowest BCUT2D eigenvalue weighted by Crippen LogP contribution is -2.34. The van der Waals surface area contributed by atoms with Crippen molar-refractivity contribution in [1.82, 2.24) is 4.98 Å². The Morgan fingerprint density at radius 2 is 1.67 bits per heavy atom. The Balaban J connectivity index is 1.90. The lowest BCUT2D eigenvalue weighted by atomic mass is 9.83. The molecule has 3 aromatic rings. The summed E-state index contributed by atoms with van der Waals surface area (Å²) in [5, 5.41) is 12.5. The minimum absolute atomic E-state index is 0.658. The van der Waals surface area contributed by atoms with Gasteiger partial charge in [-0.1, -0.05) is 68.3 Å². The molecule has 24 heavy (non-hydrogen) atoms. The van der Waals surface area contributed by atoms with E-state index >= 15 is 0 Å². The highest BCUT2D eigenvalue weighted by molar-refractivity contribution is 5.81. The molecule has 0 aliphatic rings. The number of pyridine rings is 1. The van der Waals surface area contributed by atoms with Gasteiger partial charge < -0.3 is 5.11 Å². The van der Waals surface area contributed by atoms with Gasteiger partial charge in [0.15, 0.2) is 0 Å². The van der Waals surface area contributed by atoms with Crippen LogP contribution in [0.3, 0.4) is 0 Å². The first-order valence-corrected chi connectivity index (χ1v) is 8.79. The Morgan fingerprint density at radius 3 is 2.46 bits per heavy atom. The van der Waals surface area contributed by atoms with Gasteiger partial charge in [0.25, 0.3) is 0 Å². The van der Waals surface area contributed by atoms with E-state index in [0.717, 1.165) is 30.2 Å². The van der Waals surface area contributed by atoms with Gasteiger partial charge in [0, 0.05) is 24.4 Å². The molecule has 2 aromatic carbocycles. The Labute approximate surface area is 144 Å². The van der Waals surface area contributed by atoms with Crippen LogP contribution >= 0.6 is 0 Å². The van der Waals surface area contributed by atoms with Gasteiger partial charge in [-0.05, 0) is 29.7 Å². The number of rotatable bonds is 7. The molecule has 1 unspecified atom stereocenters. The Hall–Kier alpha value is -2.19. The van der Waals surface area contributed by atoms with Crippen molar-refractivity contribution in [3.05, 3.63) is 78.0 Å². The highest BCUT2D eigenvalue weighted by Crippen LogP contribution is 2.28. The van der Waals surface area contributed by atoms with Gasteiger partial charge in [-0.25, -0.2) is 0 Å². The minimum atomic E-state index is -0.721. The van der Waals surface area contributed by atoms with Crippen molar-refractivity contribution < 1.29 is 5.11 Å². The lowest BCUT2D eigenvalue weighted by molar-refractivity contribution is 0.0300. The zero-order chi connectivity index (χ0) is 16.8. The maximum Gasteiger partial charge on any atom is 0.0728 e. The average Bonchev–Trinajstić information content (AvgIpc) is 2.61. The fraction of sp³-hybridized carbons (Fsp3) is 0.318. The molecule has 0 saturated carbocycles. The predicted octanol–water partition coefficient (Wildman–Crippen LogP) is 4.94. The van der Waals surface area contributed by atoms with Crippen LogP contribution in [0.15, 0.2) is 66.9 Å². The number of hydrogen-bond donors (Lipinski definition) is 1. The molecule has 0 bridgehead atoms. The number of hydrogen-bond acceptors (Lipinski definition) is 2. The molecule has 3 rings (SSSR count). The molecule has 0 spiro atoms. The first-order chi connectivity index (χ1) is 11.7. The average molecular weight is 319 g/mol. The van der Waals surface area contributed by atoms with Crippen molar-refractivity contribution in [2.24, 2.45) is 0 Å². The molecule has 1 heterocycles. The highest BCUT2D eigenvalue weighted by atomic mass is 16.3. The number of benzene rings is 2. The zero-order valence-electron chi connectivity index (χ0n) is 14.3. The maximum atomic E-state index is 11.4. The van der Waals surface area contributed by atoms with E-state index in [1.807, 2.05) is 48.7 Å². The molecule has 0 aliphatic carbocycles. The number of unbranched alkanes of at least 4 members (excludes halogenated alkanes) is 1. The zero-order valence-corrected chi connectivity index (χ0v) is 14.3. The van der Waals surface area contributed by atoms with Crippen molar-refractivity contribution in [3.8, 4) is 0 Å². The van der Waals surface area contributed by atoms with Crippen LogP contribution in [0.2, 0.25) is 0 Å². The van der Waals surface area contributed by atoms with Crippen LogP contribution < -0.4 is 0 Å². The fourth-order valence-electron chi connectivity index (χ4n) is 3.38. The minimum Gasteiger partial charge on any atom is -0.389 e. The molecule has 0 aliphatic heterocycles. The third-order valence-electron chi connectivity index (χ3n) is 4.63. The summed E-state index contributed by atoms with van der Waals surface area (Å²) in [5.74, 6) is 0. The van der Waals surface area contributed by atoms with E-state index in [2.05, 4.69) is 30.1 Å². The van der Waals surface area contributed by atoms with Crippen molar-refractivity contribution in [2.75, 3.05) is 0 Å². The monoisotopic (exact) mass is 319 g/mol. The molecular formula is C22H25NO. The molecular weight excluding hydrogens is 294 g/mol. The standard InChI is InChI=1S/C22H25NO/c1-2-3-14-22(24,16-18-9-5-4-6-10-18)17-19-13-15-23-21-12-8-7-11-20(19)21/h4-13,15,24H,2-3,14,16-17H2,1H3. The second-order valence-electron chi connectivity index (χ2n) is 6.65. The third kappa shape index (κ3) is 4.01. The summed E-state index contributed by atoms with van der Waals surface area (Å²) in [6.45, 7) is 2.17. The van der Waals surface area contributed by atoms with E-state index in [1.54, 1.807) is 0 Å². The van der Waals surface area contributed by atoms with E-state index in [9.17, 15) is 5.11 Å². The van der Waals surface area contributed by atoms with Gasteiger partial charge >= 0.3 is 0 Å². The van der Waals surface area contributed by atoms with E-state index < -0.39 is 5.60 Å². The molecule has 2 nitrogen and oxygen atoms in total. The van der Waals surface area contributed by atoms with Crippen molar-refractivity contribution in [1.29, 1.82) is 0 Å². The van der Waals surface area contributed by atoms with E-state index in [1.165, 1.54) is 11.1 Å². The van der Waals surface area contributed by atoms with Gasteiger partial charge in [-0.2, -0.15) is 0 Å². The van der Waals surface area contributed by atoms with Gasteiger partial charge in [0.1, 0.15) is 0 Å². The van der Waals surface area contributed by atoms with Crippen LogP contribution in [0, 0.1) is 0 Å². The quantitative estimate of drug-likeness (QED) is 0.669. The Morgan fingerprint density at radius 1 is 0.917 bits per heavy atom. The summed E-state index contributed by atoms with van der Waals surface area (Å²) in [5.41, 5.74) is 2.64. The molecule has 2 heteroatoms. The first-order valence-electron chi connectivity index (χ1n) is 8.79. The van der Waals surface area contributed by atoms with Crippen LogP contribution in [-0.2, 0) is 12.8 Å². The Kier molecular flexibility index (Phi) is 5.27. The number of nitrogens with zero attached hydrogens (tertiary/aromatic N) is 1.